The molecule has 0 bridgehead atoms. The van der Waals surface area contributed by atoms with Crippen molar-refractivity contribution in [3.63, 3.8) is 0 Å². The van der Waals surface area contributed by atoms with Gasteiger partial charge in [0.25, 0.3) is 0 Å². The first-order valence-electron chi connectivity index (χ1n) is 4.67. The zero-order valence-electron chi connectivity index (χ0n) is 8.52. The fraction of sp³-hybridized carbons (Fsp3) is 0.273. The van der Waals surface area contributed by atoms with Crippen LogP contribution >= 0.6 is 11.6 Å². The van der Waals surface area contributed by atoms with Crippen LogP contribution in [0, 0.1) is 6.92 Å². The van der Waals surface area contributed by atoms with Crippen LogP contribution in [0.2, 0.25) is 5.02 Å². The van der Waals surface area contributed by atoms with E-state index in [9.17, 15) is 0 Å². The van der Waals surface area contributed by atoms with Crippen LogP contribution in [0.25, 0.3) is 16.5 Å². The van der Waals surface area contributed by atoms with Gasteiger partial charge in [0.2, 0.25) is 0 Å². The van der Waals surface area contributed by atoms with Gasteiger partial charge >= 0.3 is 0 Å². The molecule has 0 saturated heterocycles. The number of hydrogen-bond donors (Lipinski definition) is 0. The Hall–Kier alpha value is -1.44. The molecule has 0 aliphatic carbocycles. The molecule has 0 heterocycles. The summed E-state index contributed by atoms with van der Waals surface area (Å²) in [5.41, 5.74) is 10.3. The van der Waals surface area contributed by atoms with Gasteiger partial charge in [0.15, 0.2) is 0 Å². The molecule has 0 spiro atoms. The van der Waals surface area contributed by atoms with Crippen LogP contribution in [-0.2, 0) is 0 Å². The van der Waals surface area contributed by atoms with Gasteiger partial charge in [0.1, 0.15) is 0 Å². The van der Waals surface area contributed by atoms with Crippen molar-refractivity contribution in [1.29, 1.82) is 0 Å². The van der Waals surface area contributed by atoms with E-state index in [0.29, 0.717) is 6.54 Å². The molecule has 1 rings (SSSR count). The lowest BCUT2D eigenvalue weighted by atomic mass is 10.1. The quantitative estimate of drug-likeness (QED) is 0.314. The zero-order valence-corrected chi connectivity index (χ0v) is 9.28. The number of aryl methyl sites for hydroxylation is 1. The Morgan fingerprint density at radius 1 is 1.47 bits per heavy atom. The van der Waals surface area contributed by atoms with Gasteiger partial charge in [-0.15, -0.1) is 0 Å². The Bertz CT molecular complexity index is 386. The first kappa shape index (κ1) is 11.6. The molecule has 0 atom stereocenters. The van der Waals surface area contributed by atoms with Crippen molar-refractivity contribution >= 4 is 17.7 Å². The molecule has 0 amide bonds. The summed E-state index contributed by atoms with van der Waals surface area (Å²) in [4.78, 5) is 2.68. The van der Waals surface area contributed by atoms with Crippen LogP contribution < -0.4 is 0 Å². The minimum absolute atomic E-state index is 0.493. The third kappa shape index (κ3) is 4.54. The highest BCUT2D eigenvalue weighted by molar-refractivity contribution is 6.30. The second kappa shape index (κ2) is 6.12. The largest absolute Gasteiger partial charge is 0.0937 e. The first-order chi connectivity index (χ1) is 7.22. The summed E-state index contributed by atoms with van der Waals surface area (Å²) in [6.45, 7) is 2.50. The van der Waals surface area contributed by atoms with Gasteiger partial charge < -0.3 is 0 Å². The van der Waals surface area contributed by atoms with E-state index in [4.69, 9.17) is 17.1 Å². The molecule has 1 aromatic rings. The Morgan fingerprint density at radius 3 is 2.93 bits per heavy atom. The van der Waals surface area contributed by atoms with Crippen molar-refractivity contribution in [3.05, 3.63) is 50.9 Å². The van der Waals surface area contributed by atoms with E-state index in [0.717, 1.165) is 22.6 Å². The molecule has 4 heteroatoms. The van der Waals surface area contributed by atoms with E-state index in [1.807, 2.05) is 31.2 Å². The van der Waals surface area contributed by atoms with Gasteiger partial charge in [-0.25, -0.2) is 0 Å². The van der Waals surface area contributed by atoms with Crippen molar-refractivity contribution in [1.82, 2.24) is 0 Å². The van der Waals surface area contributed by atoms with Gasteiger partial charge in [-0.2, -0.15) is 0 Å². The van der Waals surface area contributed by atoms with E-state index in [1.54, 1.807) is 0 Å². The lowest BCUT2D eigenvalue weighted by Gasteiger charge is -1.98. The molecule has 0 N–H and O–H groups in total. The fourth-order valence-corrected chi connectivity index (χ4v) is 1.56. The maximum absolute atomic E-state index is 8.07. The molecule has 0 aliphatic heterocycles. The molecule has 0 unspecified atom stereocenters. The summed E-state index contributed by atoms with van der Waals surface area (Å²) in [6.07, 6.45) is 4.70. The number of hydrogen-bond acceptors (Lipinski definition) is 1. The number of benzene rings is 1. The summed E-state index contributed by atoms with van der Waals surface area (Å²) in [5.74, 6) is 0. The van der Waals surface area contributed by atoms with Crippen LogP contribution in [0.15, 0.2) is 29.4 Å². The molecular formula is C11H12ClN3. The SMILES string of the molecule is Cc1cc(Cl)cc(C=CCCN=[N+]=[N-])c1. The predicted molar refractivity (Wildman–Crippen MR) is 63.9 cm³/mol. The van der Waals surface area contributed by atoms with Gasteiger partial charge in [0, 0.05) is 16.5 Å². The lowest BCUT2D eigenvalue weighted by molar-refractivity contribution is 0.995. The second-order valence-electron chi connectivity index (χ2n) is 3.21. The standard InChI is InChI=1S/C11H12ClN3/c1-9-6-10(8-11(12)7-9)4-2-3-5-14-15-13/h2,4,6-8H,3,5H2,1H3. The summed E-state index contributed by atoms with van der Waals surface area (Å²) >= 11 is 5.91. The van der Waals surface area contributed by atoms with Crippen LogP contribution in [0.3, 0.4) is 0 Å². The van der Waals surface area contributed by atoms with Crippen LogP contribution in [0.5, 0.6) is 0 Å². The van der Waals surface area contributed by atoms with Crippen LogP contribution in [0.4, 0.5) is 0 Å². The predicted octanol–water partition coefficient (Wildman–Crippen LogP) is 4.36. The molecule has 1 aromatic carbocycles. The minimum Gasteiger partial charge on any atom is -0.0937 e. The first-order valence-corrected chi connectivity index (χ1v) is 5.05. The Morgan fingerprint density at radius 2 is 2.27 bits per heavy atom. The van der Waals surface area contributed by atoms with Crippen molar-refractivity contribution in [2.45, 2.75) is 13.3 Å². The average Bonchev–Trinajstić information content (AvgIpc) is 2.16. The highest BCUT2D eigenvalue weighted by Crippen LogP contribution is 2.15. The summed E-state index contributed by atoms with van der Waals surface area (Å²) in [5, 5.41) is 4.18. The molecule has 78 valence electrons. The van der Waals surface area contributed by atoms with E-state index in [2.05, 4.69) is 16.1 Å². The smallest absolute Gasteiger partial charge is 0.0414 e. The van der Waals surface area contributed by atoms with Crippen LogP contribution in [-0.4, -0.2) is 6.54 Å². The molecular weight excluding hydrogens is 210 g/mol. The fourth-order valence-electron chi connectivity index (χ4n) is 1.26. The molecule has 0 aliphatic rings. The van der Waals surface area contributed by atoms with Gasteiger partial charge in [-0.3, -0.25) is 0 Å². The maximum Gasteiger partial charge on any atom is 0.0414 e. The molecule has 3 nitrogen and oxygen atoms in total. The Balaban J connectivity index is 2.59. The molecule has 0 fully saturated rings. The Labute approximate surface area is 94.0 Å². The monoisotopic (exact) mass is 221 g/mol. The third-order valence-corrected chi connectivity index (χ3v) is 2.05. The van der Waals surface area contributed by atoms with E-state index in [-0.39, 0.29) is 0 Å². The third-order valence-electron chi connectivity index (χ3n) is 1.83. The van der Waals surface area contributed by atoms with Gasteiger partial charge in [-0.05, 0) is 42.1 Å². The topological polar surface area (TPSA) is 48.8 Å². The van der Waals surface area contributed by atoms with Crippen molar-refractivity contribution in [2.75, 3.05) is 6.54 Å². The maximum atomic E-state index is 8.07. The highest BCUT2D eigenvalue weighted by atomic mass is 35.5. The summed E-state index contributed by atoms with van der Waals surface area (Å²) in [6, 6.07) is 5.87. The number of azide groups is 1. The molecule has 0 aromatic heterocycles. The minimum atomic E-state index is 0.493. The number of halogens is 1. The Kier molecular flexibility index (Phi) is 4.75. The van der Waals surface area contributed by atoms with E-state index >= 15 is 0 Å². The number of nitrogens with zero attached hydrogens (tertiary/aromatic N) is 3. The second-order valence-corrected chi connectivity index (χ2v) is 3.64. The van der Waals surface area contributed by atoms with Crippen molar-refractivity contribution < 1.29 is 0 Å². The molecule has 0 radical (unpaired) electrons. The van der Waals surface area contributed by atoms with Crippen LogP contribution in [0.1, 0.15) is 17.5 Å². The number of rotatable bonds is 4. The molecule has 15 heavy (non-hydrogen) atoms. The van der Waals surface area contributed by atoms with Gasteiger partial charge in [-0.1, -0.05) is 34.9 Å². The van der Waals surface area contributed by atoms with Crippen molar-refractivity contribution in [3.8, 4) is 0 Å². The average molecular weight is 222 g/mol. The van der Waals surface area contributed by atoms with E-state index < -0.39 is 0 Å². The normalized spacial score (nSPS) is 10.3. The lowest BCUT2D eigenvalue weighted by Crippen LogP contribution is -1.78. The summed E-state index contributed by atoms with van der Waals surface area (Å²) in [7, 11) is 0. The van der Waals surface area contributed by atoms with E-state index in [1.165, 1.54) is 0 Å². The van der Waals surface area contributed by atoms with Crippen molar-refractivity contribution in [2.24, 2.45) is 5.11 Å². The zero-order chi connectivity index (χ0) is 11.1. The molecule has 0 saturated carbocycles. The summed E-state index contributed by atoms with van der Waals surface area (Å²) < 4.78 is 0. The highest BCUT2D eigenvalue weighted by Gasteiger charge is 1.92. The van der Waals surface area contributed by atoms with Gasteiger partial charge in [0.05, 0.1) is 0 Å².